The molecule has 0 unspecified atom stereocenters. The van der Waals surface area contributed by atoms with Gasteiger partial charge in [-0.15, -0.1) is 0 Å². The van der Waals surface area contributed by atoms with E-state index in [-0.39, 0.29) is 5.91 Å². The number of rotatable bonds is 1. The number of amides is 1. The largest absolute Gasteiger partial charge is 0.333 e. The minimum absolute atomic E-state index is 0.0117. The number of fused-ring (bicyclic) bond motifs is 2. The first-order valence-corrected chi connectivity index (χ1v) is 7.53. The average molecular weight is 291 g/mol. The second-order valence-electron chi connectivity index (χ2n) is 5.77. The summed E-state index contributed by atoms with van der Waals surface area (Å²) in [6.45, 7) is 3.44. The lowest BCUT2D eigenvalue weighted by Gasteiger charge is -2.28. The summed E-state index contributed by atoms with van der Waals surface area (Å²) in [5.74, 6) is 0.0117. The molecule has 0 bridgehead atoms. The van der Waals surface area contributed by atoms with Crippen molar-refractivity contribution in [2.24, 2.45) is 0 Å². The van der Waals surface area contributed by atoms with Crippen molar-refractivity contribution in [1.82, 2.24) is 14.3 Å². The van der Waals surface area contributed by atoms with Crippen LogP contribution in [0.5, 0.6) is 0 Å². The third-order valence-electron chi connectivity index (χ3n) is 4.33. The first-order chi connectivity index (χ1) is 10.7. The third kappa shape index (κ3) is 2.08. The molecule has 0 radical (unpaired) electrons. The van der Waals surface area contributed by atoms with Gasteiger partial charge in [0.15, 0.2) is 0 Å². The highest BCUT2D eigenvalue weighted by Crippen LogP contribution is 2.20. The molecule has 0 saturated carbocycles. The van der Waals surface area contributed by atoms with Crippen LogP contribution < -0.4 is 0 Å². The molecule has 1 aliphatic rings. The van der Waals surface area contributed by atoms with Crippen molar-refractivity contribution in [3.8, 4) is 0 Å². The van der Waals surface area contributed by atoms with E-state index in [9.17, 15) is 4.79 Å². The van der Waals surface area contributed by atoms with Crippen LogP contribution in [0.25, 0.3) is 5.65 Å². The molecule has 0 aliphatic carbocycles. The lowest BCUT2D eigenvalue weighted by atomic mass is 10.00. The molecule has 4 nitrogen and oxygen atoms in total. The Bertz CT molecular complexity index is 866. The van der Waals surface area contributed by atoms with E-state index >= 15 is 0 Å². The fourth-order valence-corrected chi connectivity index (χ4v) is 3.08. The Hall–Kier alpha value is -2.62. The van der Waals surface area contributed by atoms with Gasteiger partial charge in [0, 0.05) is 25.0 Å². The Balaban J connectivity index is 1.65. The molecule has 4 rings (SSSR count). The number of benzene rings is 1. The number of pyridine rings is 1. The molecule has 0 atom stereocenters. The molecular formula is C18H17N3O. The van der Waals surface area contributed by atoms with Gasteiger partial charge in [-0.2, -0.15) is 0 Å². The van der Waals surface area contributed by atoms with Crippen LogP contribution in [-0.2, 0) is 13.0 Å². The lowest BCUT2D eigenvalue weighted by molar-refractivity contribution is 0.0729. The zero-order chi connectivity index (χ0) is 15.1. The molecule has 0 fully saturated rings. The van der Waals surface area contributed by atoms with Crippen LogP contribution in [0.1, 0.15) is 27.3 Å². The molecule has 110 valence electrons. The van der Waals surface area contributed by atoms with Crippen molar-refractivity contribution in [1.29, 1.82) is 0 Å². The Morgan fingerprint density at radius 1 is 1.09 bits per heavy atom. The topological polar surface area (TPSA) is 37.6 Å². The molecule has 0 saturated heterocycles. The van der Waals surface area contributed by atoms with E-state index in [2.05, 4.69) is 23.2 Å². The van der Waals surface area contributed by atoms with Crippen LogP contribution in [0.4, 0.5) is 0 Å². The van der Waals surface area contributed by atoms with Gasteiger partial charge in [0.25, 0.3) is 5.91 Å². The lowest BCUT2D eigenvalue weighted by Crippen LogP contribution is -2.36. The van der Waals surface area contributed by atoms with Crippen molar-refractivity contribution in [2.45, 2.75) is 19.9 Å². The number of carbonyl (C=O) groups is 1. The fraction of sp³-hybridized carbons (Fsp3) is 0.222. The summed E-state index contributed by atoms with van der Waals surface area (Å²) in [5.41, 5.74) is 5.00. The molecule has 0 N–H and O–H groups in total. The summed E-state index contributed by atoms with van der Waals surface area (Å²) in [7, 11) is 0. The highest BCUT2D eigenvalue weighted by Gasteiger charge is 2.23. The van der Waals surface area contributed by atoms with Gasteiger partial charge in [-0.05, 0) is 36.6 Å². The zero-order valence-corrected chi connectivity index (χ0v) is 12.5. The van der Waals surface area contributed by atoms with Gasteiger partial charge in [0.2, 0.25) is 0 Å². The number of hydrogen-bond acceptors (Lipinski definition) is 2. The normalized spacial score (nSPS) is 14.1. The fourth-order valence-electron chi connectivity index (χ4n) is 3.08. The SMILES string of the molecule is Cc1cccc2nc(C(=O)N3CCc4ccccc4C3)cn12. The van der Waals surface area contributed by atoms with Crippen molar-refractivity contribution < 1.29 is 4.79 Å². The second kappa shape index (κ2) is 4.98. The van der Waals surface area contributed by atoms with Crippen LogP contribution in [0.2, 0.25) is 0 Å². The average Bonchev–Trinajstić information content (AvgIpc) is 2.99. The maximum absolute atomic E-state index is 12.7. The Kier molecular flexibility index (Phi) is 2.96. The Morgan fingerprint density at radius 2 is 1.91 bits per heavy atom. The third-order valence-corrected chi connectivity index (χ3v) is 4.33. The molecule has 2 aromatic heterocycles. The first kappa shape index (κ1) is 13.1. The predicted octanol–water partition coefficient (Wildman–Crippen LogP) is 2.84. The zero-order valence-electron chi connectivity index (χ0n) is 12.5. The van der Waals surface area contributed by atoms with Crippen molar-refractivity contribution in [3.63, 3.8) is 0 Å². The minimum atomic E-state index is 0.0117. The summed E-state index contributed by atoms with van der Waals surface area (Å²) in [6, 6.07) is 14.2. The summed E-state index contributed by atoms with van der Waals surface area (Å²) in [5, 5.41) is 0. The van der Waals surface area contributed by atoms with Gasteiger partial charge in [-0.25, -0.2) is 4.98 Å². The van der Waals surface area contributed by atoms with Crippen LogP contribution in [-0.4, -0.2) is 26.7 Å². The number of hydrogen-bond donors (Lipinski definition) is 0. The smallest absolute Gasteiger partial charge is 0.274 e. The second-order valence-corrected chi connectivity index (χ2v) is 5.77. The van der Waals surface area contributed by atoms with E-state index in [1.165, 1.54) is 11.1 Å². The molecule has 1 aromatic carbocycles. The summed E-state index contributed by atoms with van der Waals surface area (Å²) < 4.78 is 1.96. The van der Waals surface area contributed by atoms with E-state index < -0.39 is 0 Å². The quantitative estimate of drug-likeness (QED) is 0.691. The number of aryl methyl sites for hydroxylation is 1. The van der Waals surface area contributed by atoms with E-state index in [1.54, 1.807) is 0 Å². The van der Waals surface area contributed by atoms with Crippen molar-refractivity contribution >= 4 is 11.6 Å². The summed E-state index contributed by atoms with van der Waals surface area (Å²) in [6.07, 6.45) is 2.75. The van der Waals surface area contributed by atoms with E-state index in [0.29, 0.717) is 12.2 Å². The molecule has 1 amide bonds. The Labute approximate surface area is 129 Å². The molecule has 3 heterocycles. The number of nitrogens with zero attached hydrogens (tertiary/aromatic N) is 3. The highest BCUT2D eigenvalue weighted by molar-refractivity contribution is 5.93. The molecule has 1 aliphatic heterocycles. The van der Waals surface area contributed by atoms with Crippen molar-refractivity contribution in [3.05, 3.63) is 71.2 Å². The van der Waals surface area contributed by atoms with Crippen LogP contribution in [0.3, 0.4) is 0 Å². The molecular weight excluding hydrogens is 274 g/mol. The van der Waals surface area contributed by atoms with Gasteiger partial charge in [0.1, 0.15) is 11.3 Å². The van der Waals surface area contributed by atoms with E-state index in [0.717, 1.165) is 24.3 Å². The van der Waals surface area contributed by atoms with Gasteiger partial charge in [-0.3, -0.25) is 4.79 Å². The van der Waals surface area contributed by atoms with Crippen LogP contribution in [0, 0.1) is 6.92 Å². The van der Waals surface area contributed by atoms with Gasteiger partial charge in [0.05, 0.1) is 0 Å². The number of carbonyl (C=O) groups excluding carboxylic acids is 1. The first-order valence-electron chi connectivity index (χ1n) is 7.53. The molecule has 4 heteroatoms. The van der Waals surface area contributed by atoms with E-state index in [4.69, 9.17) is 0 Å². The maximum Gasteiger partial charge on any atom is 0.274 e. The number of imidazole rings is 1. The van der Waals surface area contributed by atoms with Crippen LogP contribution in [0.15, 0.2) is 48.7 Å². The summed E-state index contributed by atoms with van der Waals surface area (Å²) >= 11 is 0. The van der Waals surface area contributed by atoms with Gasteiger partial charge >= 0.3 is 0 Å². The molecule has 22 heavy (non-hydrogen) atoms. The molecule has 3 aromatic rings. The standard InChI is InChI=1S/C18H17N3O/c1-13-5-4-8-17-19-16(12-21(13)17)18(22)20-10-9-14-6-2-3-7-15(14)11-20/h2-8,12H,9-11H2,1H3. The predicted molar refractivity (Wildman–Crippen MR) is 84.8 cm³/mol. The van der Waals surface area contributed by atoms with Crippen molar-refractivity contribution in [2.75, 3.05) is 6.54 Å². The van der Waals surface area contributed by atoms with Gasteiger partial charge < -0.3 is 9.30 Å². The Morgan fingerprint density at radius 3 is 2.73 bits per heavy atom. The van der Waals surface area contributed by atoms with Crippen LogP contribution >= 0.6 is 0 Å². The molecule has 0 spiro atoms. The highest BCUT2D eigenvalue weighted by atomic mass is 16.2. The number of aromatic nitrogens is 2. The minimum Gasteiger partial charge on any atom is -0.333 e. The monoisotopic (exact) mass is 291 g/mol. The maximum atomic E-state index is 12.7. The van der Waals surface area contributed by atoms with Gasteiger partial charge in [-0.1, -0.05) is 30.3 Å². The van der Waals surface area contributed by atoms with E-state index in [1.807, 2.05) is 46.7 Å². The summed E-state index contributed by atoms with van der Waals surface area (Å²) in [4.78, 5) is 19.1.